The summed E-state index contributed by atoms with van der Waals surface area (Å²) in [5.41, 5.74) is 1.78. The van der Waals surface area contributed by atoms with Gasteiger partial charge in [-0.15, -0.1) is 0 Å². The maximum atomic E-state index is 13.4. The van der Waals surface area contributed by atoms with Gasteiger partial charge in [0, 0.05) is 6.04 Å². The highest BCUT2D eigenvalue weighted by atomic mass is 19.1. The first-order valence-corrected chi connectivity index (χ1v) is 5.29. The van der Waals surface area contributed by atoms with Crippen molar-refractivity contribution in [2.24, 2.45) is 5.41 Å². The molecule has 0 spiro atoms. The molecule has 0 radical (unpaired) electrons. The third-order valence-electron chi connectivity index (χ3n) is 2.68. The number of halogens is 1. The van der Waals surface area contributed by atoms with Crippen molar-refractivity contribution in [1.82, 2.24) is 5.32 Å². The van der Waals surface area contributed by atoms with Crippen LogP contribution in [-0.4, -0.2) is 7.05 Å². The van der Waals surface area contributed by atoms with Crippen molar-refractivity contribution >= 4 is 0 Å². The SMILES string of the molecule is CNC(c1ccc(C)c(F)c1)C(C)(C)C. The average Bonchev–Trinajstić information content (AvgIpc) is 2.10. The molecule has 2 heteroatoms. The number of hydrogen-bond donors (Lipinski definition) is 1. The summed E-state index contributed by atoms with van der Waals surface area (Å²) in [5.74, 6) is -0.128. The Hall–Kier alpha value is -0.890. The fraction of sp³-hybridized carbons (Fsp3) is 0.538. The molecule has 1 unspecified atom stereocenters. The molecule has 0 bridgehead atoms. The molecule has 15 heavy (non-hydrogen) atoms. The number of nitrogens with one attached hydrogen (secondary N) is 1. The minimum absolute atomic E-state index is 0.0798. The summed E-state index contributed by atoms with van der Waals surface area (Å²) >= 11 is 0. The Labute approximate surface area is 91.7 Å². The molecule has 0 aliphatic heterocycles. The zero-order valence-electron chi connectivity index (χ0n) is 10.2. The van der Waals surface area contributed by atoms with E-state index in [2.05, 4.69) is 26.1 Å². The van der Waals surface area contributed by atoms with Crippen molar-refractivity contribution in [2.45, 2.75) is 33.7 Å². The fourth-order valence-corrected chi connectivity index (χ4v) is 1.89. The fourth-order valence-electron chi connectivity index (χ4n) is 1.89. The Kier molecular flexibility index (Phi) is 3.50. The highest BCUT2D eigenvalue weighted by molar-refractivity contribution is 5.26. The Balaban J connectivity index is 3.08. The summed E-state index contributed by atoms with van der Waals surface area (Å²) in [6.45, 7) is 8.22. The van der Waals surface area contributed by atoms with Crippen LogP contribution in [0.3, 0.4) is 0 Å². The normalized spacial score (nSPS) is 14.0. The van der Waals surface area contributed by atoms with E-state index in [0.29, 0.717) is 5.56 Å². The van der Waals surface area contributed by atoms with Crippen LogP contribution in [0, 0.1) is 18.2 Å². The van der Waals surface area contributed by atoms with Gasteiger partial charge in [-0.3, -0.25) is 0 Å². The predicted octanol–water partition coefficient (Wildman–Crippen LogP) is 3.44. The highest BCUT2D eigenvalue weighted by Crippen LogP contribution is 2.32. The van der Waals surface area contributed by atoms with Crippen molar-refractivity contribution < 1.29 is 4.39 Å². The molecule has 1 rings (SSSR count). The monoisotopic (exact) mass is 209 g/mol. The summed E-state index contributed by atoms with van der Waals surface area (Å²) < 4.78 is 13.4. The van der Waals surface area contributed by atoms with Gasteiger partial charge in [0.05, 0.1) is 0 Å². The summed E-state index contributed by atoms with van der Waals surface area (Å²) in [5, 5.41) is 3.24. The lowest BCUT2D eigenvalue weighted by molar-refractivity contribution is 0.286. The first-order valence-electron chi connectivity index (χ1n) is 5.29. The molecule has 1 atom stereocenters. The van der Waals surface area contributed by atoms with Crippen molar-refractivity contribution in [3.05, 3.63) is 35.1 Å². The number of hydrogen-bond acceptors (Lipinski definition) is 1. The lowest BCUT2D eigenvalue weighted by atomic mass is 9.82. The summed E-state index contributed by atoms with van der Waals surface area (Å²) in [6, 6.07) is 5.63. The van der Waals surface area contributed by atoms with E-state index in [4.69, 9.17) is 0 Å². The summed E-state index contributed by atoms with van der Waals surface area (Å²) in [4.78, 5) is 0. The van der Waals surface area contributed by atoms with Crippen molar-refractivity contribution in [3.63, 3.8) is 0 Å². The Morgan fingerprint density at radius 1 is 1.27 bits per heavy atom. The third kappa shape index (κ3) is 2.78. The van der Waals surface area contributed by atoms with Crippen LogP contribution in [0.15, 0.2) is 18.2 Å². The van der Waals surface area contributed by atoms with Gasteiger partial charge in [0.25, 0.3) is 0 Å². The van der Waals surface area contributed by atoms with E-state index in [9.17, 15) is 4.39 Å². The van der Waals surface area contributed by atoms with E-state index in [1.807, 2.05) is 19.2 Å². The second-order valence-electron chi connectivity index (χ2n) is 5.10. The van der Waals surface area contributed by atoms with Crippen LogP contribution in [0.1, 0.15) is 37.9 Å². The van der Waals surface area contributed by atoms with Crippen molar-refractivity contribution in [2.75, 3.05) is 7.05 Å². The number of benzene rings is 1. The molecule has 0 aromatic heterocycles. The molecule has 1 aromatic carbocycles. The molecule has 84 valence electrons. The molecule has 0 aliphatic rings. The zero-order valence-corrected chi connectivity index (χ0v) is 10.2. The van der Waals surface area contributed by atoms with Gasteiger partial charge >= 0.3 is 0 Å². The molecule has 1 aromatic rings. The topological polar surface area (TPSA) is 12.0 Å². The number of aryl methyl sites for hydroxylation is 1. The van der Waals surface area contributed by atoms with Crippen LogP contribution in [0.2, 0.25) is 0 Å². The summed E-state index contributed by atoms with van der Waals surface area (Å²) in [7, 11) is 1.91. The van der Waals surface area contributed by atoms with Gasteiger partial charge in [0.2, 0.25) is 0 Å². The van der Waals surface area contributed by atoms with Gasteiger partial charge < -0.3 is 5.32 Å². The molecule has 0 fully saturated rings. The van der Waals surface area contributed by atoms with Crippen LogP contribution < -0.4 is 5.32 Å². The quantitative estimate of drug-likeness (QED) is 0.786. The highest BCUT2D eigenvalue weighted by Gasteiger charge is 2.24. The second kappa shape index (κ2) is 4.31. The van der Waals surface area contributed by atoms with Gasteiger partial charge in [-0.05, 0) is 36.6 Å². The average molecular weight is 209 g/mol. The third-order valence-corrected chi connectivity index (χ3v) is 2.68. The van der Waals surface area contributed by atoms with Gasteiger partial charge in [0.15, 0.2) is 0 Å². The largest absolute Gasteiger partial charge is 0.313 e. The lowest BCUT2D eigenvalue weighted by Crippen LogP contribution is -2.29. The molecule has 1 nitrogen and oxygen atoms in total. The molecule has 0 heterocycles. The molecular formula is C13H20FN. The van der Waals surface area contributed by atoms with Crippen LogP contribution in [0.5, 0.6) is 0 Å². The zero-order chi connectivity index (χ0) is 11.6. The Morgan fingerprint density at radius 3 is 2.27 bits per heavy atom. The molecule has 0 saturated heterocycles. The van der Waals surface area contributed by atoms with Gasteiger partial charge in [-0.25, -0.2) is 4.39 Å². The van der Waals surface area contributed by atoms with Crippen LogP contribution in [-0.2, 0) is 0 Å². The molecule has 0 saturated carbocycles. The smallest absolute Gasteiger partial charge is 0.126 e. The van der Waals surface area contributed by atoms with E-state index in [0.717, 1.165) is 5.56 Å². The summed E-state index contributed by atoms with van der Waals surface area (Å²) in [6.07, 6.45) is 0. The molecular weight excluding hydrogens is 189 g/mol. The Bertz CT molecular complexity index is 339. The minimum atomic E-state index is -0.128. The standard InChI is InChI=1S/C13H20FN/c1-9-6-7-10(8-11(9)14)12(15-5)13(2,3)4/h6-8,12,15H,1-5H3. The van der Waals surface area contributed by atoms with Crippen LogP contribution in [0.4, 0.5) is 4.39 Å². The van der Waals surface area contributed by atoms with E-state index in [-0.39, 0.29) is 17.3 Å². The van der Waals surface area contributed by atoms with E-state index >= 15 is 0 Å². The van der Waals surface area contributed by atoms with Crippen molar-refractivity contribution in [3.8, 4) is 0 Å². The first-order chi connectivity index (χ1) is 6.86. The van der Waals surface area contributed by atoms with Gasteiger partial charge in [0.1, 0.15) is 5.82 Å². The predicted molar refractivity (Wildman–Crippen MR) is 62.4 cm³/mol. The maximum absolute atomic E-state index is 13.4. The van der Waals surface area contributed by atoms with Gasteiger partial charge in [-0.1, -0.05) is 32.9 Å². The molecule has 0 amide bonds. The molecule has 0 aliphatic carbocycles. The minimum Gasteiger partial charge on any atom is -0.313 e. The first kappa shape index (κ1) is 12.2. The second-order valence-corrected chi connectivity index (χ2v) is 5.10. The van der Waals surface area contributed by atoms with Crippen molar-refractivity contribution in [1.29, 1.82) is 0 Å². The van der Waals surface area contributed by atoms with E-state index in [1.54, 1.807) is 13.0 Å². The maximum Gasteiger partial charge on any atom is 0.126 e. The van der Waals surface area contributed by atoms with E-state index in [1.165, 1.54) is 0 Å². The van der Waals surface area contributed by atoms with Crippen LogP contribution >= 0.6 is 0 Å². The number of rotatable bonds is 2. The van der Waals surface area contributed by atoms with E-state index < -0.39 is 0 Å². The van der Waals surface area contributed by atoms with Gasteiger partial charge in [-0.2, -0.15) is 0 Å². The Morgan fingerprint density at radius 2 is 1.87 bits per heavy atom. The van der Waals surface area contributed by atoms with Crippen LogP contribution in [0.25, 0.3) is 0 Å². The molecule has 1 N–H and O–H groups in total. The lowest BCUT2D eigenvalue weighted by Gasteiger charge is -2.31.